The van der Waals surface area contributed by atoms with E-state index in [1.54, 1.807) is 11.3 Å². The van der Waals surface area contributed by atoms with Gasteiger partial charge in [0.25, 0.3) is 0 Å². The van der Waals surface area contributed by atoms with Gasteiger partial charge in [0.1, 0.15) is 0 Å². The van der Waals surface area contributed by atoms with Crippen LogP contribution in [-0.2, 0) is 11.3 Å². The number of aliphatic hydroxyl groups is 1. The van der Waals surface area contributed by atoms with Crippen molar-refractivity contribution in [1.29, 1.82) is 0 Å². The first-order chi connectivity index (χ1) is 8.13. The molecule has 0 aliphatic rings. The van der Waals surface area contributed by atoms with E-state index in [1.807, 2.05) is 36.3 Å². The second kappa shape index (κ2) is 7.42. The fourth-order valence-corrected chi connectivity index (χ4v) is 2.13. The summed E-state index contributed by atoms with van der Waals surface area (Å²) in [5.41, 5.74) is 0. The van der Waals surface area contributed by atoms with Crippen molar-refractivity contribution < 1.29 is 9.90 Å². The number of aliphatic hydroxyl groups excluding tert-OH is 1. The Morgan fingerprint density at radius 3 is 2.88 bits per heavy atom. The highest BCUT2D eigenvalue weighted by Crippen LogP contribution is 2.07. The van der Waals surface area contributed by atoms with E-state index in [1.165, 1.54) is 0 Å². The van der Waals surface area contributed by atoms with E-state index < -0.39 is 0 Å². The van der Waals surface area contributed by atoms with Crippen molar-refractivity contribution in [2.75, 3.05) is 19.7 Å². The minimum Gasteiger partial charge on any atom is -0.395 e. The van der Waals surface area contributed by atoms with Gasteiger partial charge in [0.15, 0.2) is 0 Å². The summed E-state index contributed by atoms with van der Waals surface area (Å²) in [5, 5.41) is 13.8. The van der Waals surface area contributed by atoms with Gasteiger partial charge in [-0.15, -0.1) is 11.3 Å². The Kier molecular flexibility index (Phi) is 6.18. The van der Waals surface area contributed by atoms with Gasteiger partial charge in [-0.2, -0.15) is 0 Å². The van der Waals surface area contributed by atoms with Crippen LogP contribution in [0.25, 0.3) is 0 Å². The Morgan fingerprint density at radius 2 is 2.35 bits per heavy atom. The summed E-state index contributed by atoms with van der Waals surface area (Å²) in [5.74, 6) is 0.000509. The second-order valence-electron chi connectivity index (χ2n) is 4.14. The number of carbonyl (C=O) groups excluding carboxylic acids is 1. The molecule has 1 aromatic heterocycles. The molecule has 5 heteroatoms. The summed E-state index contributed by atoms with van der Waals surface area (Å²) in [6.07, 6.45) is 0. The second-order valence-corrected chi connectivity index (χ2v) is 5.18. The van der Waals surface area contributed by atoms with Crippen molar-refractivity contribution >= 4 is 17.2 Å². The van der Waals surface area contributed by atoms with E-state index >= 15 is 0 Å². The standard InChI is InChI=1S/C12H20N2O2S/c1-10(2)14(5-6-15)9-12(16)13-8-11-4-3-7-17-11/h3-4,7,10,15H,5-6,8-9H2,1-2H3,(H,13,16). The molecule has 4 nitrogen and oxygen atoms in total. The van der Waals surface area contributed by atoms with Crippen LogP contribution in [0.1, 0.15) is 18.7 Å². The largest absolute Gasteiger partial charge is 0.395 e. The van der Waals surface area contributed by atoms with Gasteiger partial charge in [0.2, 0.25) is 5.91 Å². The van der Waals surface area contributed by atoms with Crippen LogP contribution in [0.15, 0.2) is 17.5 Å². The zero-order chi connectivity index (χ0) is 12.7. The lowest BCUT2D eigenvalue weighted by Gasteiger charge is -2.24. The fraction of sp³-hybridized carbons (Fsp3) is 0.583. The van der Waals surface area contributed by atoms with Gasteiger partial charge < -0.3 is 10.4 Å². The SMILES string of the molecule is CC(C)N(CCO)CC(=O)NCc1cccs1. The Balaban J connectivity index is 2.32. The summed E-state index contributed by atoms with van der Waals surface area (Å²) in [6.45, 7) is 5.57. The van der Waals surface area contributed by atoms with E-state index in [2.05, 4.69) is 5.32 Å². The smallest absolute Gasteiger partial charge is 0.234 e. The highest BCUT2D eigenvalue weighted by molar-refractivity contribution is 7.09. The molecule has 1 heterocycles. The topological polar surface area (TPSA) is 52.6 Å². The first-order valence-electron chi connectivity index (χ1n) is 5.77. The third kappa shape index (κ3) is 5.30. The van der Waals surface area contributed by atoms with Gasteiger partial charge >= 0.3 is 0 Å². The third-order valence-electron chi connectivity index (χ3n) is 2.50. The molecule has 0 atom stereocenters. The Bertz CT molecular complexity index is 325. The van der Waals surface area contributed by atoms with Crippen LogP contribution in [-0.4, -0.2) is 41.7 Å². The first kappa shape index (κ1) is 14.2. The van der Waals surface area contributed by atoms with Gasteiger partial charge in [-0.1, -0.05) is 6.07 Å². The number of amides is 1. The van der Waals surface area contributed by atoms with Crippen LogP contribution >= 0.6 is 11.3 Å². The zero-order valence-electron chi connectivity index (χ0n) is 10.3. The number of carbonyl (C=O) groups is 1. The quantitative estimate of drug-likeness (QED) is 0.767. The van der Waals surface area contributed by atoms with Gasteiger partial charge in [0, 0.05) is 17.5 Å². The summed E-state index contributed by atoms with van der Waals surface area (Å²) in [4.78, 5) is 14.8. The third-order valence-corrected chi connectivity index (χ3v) is 3.38. The van der Waals surface area contributed by atoms with Crippen molar-refractivity contribution in [3.05, 3.63) is 22.4 Å². The molecule has 96 valence electrons. The van der Waals surface area contributed by atoms with Crippen LogP contribution in [0.2, 0.25) is 0 Å². The lowest BCUT2D eigenvalue weighted by atomic mass is 10.3. The predicted octanol–water partition coefficient (Wildman–Crippen LogP) is 1.07. The number of thiophene rings is 1. The normalized spacial score (nSPS) is 11.1. The molecule has 17 heavy (non-hydrogen) atoms. The lowest BCUT2D eigenvalue weighted by Crippen LogP contribution is -2.41. The average Bonchev–Trinajstić information content (AvgIpc) is 2.78. The molecular formula is C12H20N2O2S. The molecule has 0 unspecified atom stereocenters. The number of rotatable bonds is 7. The molecule has 0 aliphatic heterocycles. The summed E-state index contributed by atoms with van der Waals surface area (Å²) < 4.78 is 0. The van der Waals surface area contributed by atoms with Gasteiger partial charge in [-0.3, -0.25) is 9.69 Å². The van der Waals surface area contributed by atoms with Crippen LogP contribution in [0.5, 0.6) is 0 Å². The monoisotopic (exact) mass is 256 g/mol. The Labute approximate surface area is 106 Å². The van der Waals surface area contributed by atoms with Crippen molar-refractivity contribution in [3.63, 3.8) is 0 Å². The Morgan fingerprint density at radius 1 is 1.59 bits per heavy atom. The van der Waals surface area contributed by atoms with Crippen LogP contribution in [0, 0.1) is 0 Å². The first-order valence-corrected chi connectivity index (χ1v) is 6.65. The van der Waals surface area contributed by atoms with Gasteiger partial charge in [0.05, 0.1) is 19.7 Å². The number of hydrogen-bond acceptors (Lipinski definition) is 4. The maximum Gasteiger partial charge on any atom is 0.234 e. The van der Waals surface area contributed by atoms with E-state index in [4.69, 9.17) is 5.11 Å². The van der Waals surface area contributed by atoms with Gasteiger partial charge in [-0.05, 0) is 25.3 Å². The number of nitrogens with one attached hydrogen (secondary N) is 1. The highest BCUT2D eigenvalue weighted by atomic mass is 32.1. The molecule has 0 fully saturated rings. The van der Waals surface area contributed by atoms with E-state index in [0.717, 1.165) is 4.88 Å². The number of hydrogen-bond donors (Lipinski definition) is 2. The van der Waals surface area contributed by atoms with E-state index in [-0.39, 0.29) is 18.6 Å². The molecule has 0 spiro atoms. The molecule has 2 N–H and O–H groups in total. The molecule has 0 saturated carbocycles. The van der Waals surface area contributed by atoms with Gasteiger partial charge in [-0.25, -0.2) is 0 Å². The highest BCUT2D eigenvalue weighted by Gasteiger charge is 2.13. The molecule has 1 rings (SSSR count). The molecule has 1 amide bonds. The molecular weight excluding hydrogens is 236 g/mol. The lowest BCUT2D eigenvalue weighted by molar-refractivity contribution is -0.122. The molecule has 0 aliphatic carbocycles. The zero-order valence-corrected chi connectivity index (χ0v) is 11.2. The fourth-order valence-electron chi connectivity index (χ4n) is 1.49. The number of nitrogens with zero attached hydrogens (tertiary/aromatic N) is 1. The van der Waals surface area contributed by atoms with Crippen molar-refractivity contribution in [2.24, 2.45) is 0 Å². The molecule has 0 saturated heterocycles. The Hall–Kier alpha value is -0.910. The van der Waals surface area contributed by atoms with Crippen molar-refractivity contribution in [2.45, 2.75) is 26.4 Å². The summed E-state index contributed by atoms with van der Waals surface area (Å²) >= 11 is 1.63. The average molecular weight is 256 g/mol. The summed E-state index contributed by atoms with van der Waals surface area (Å²) in [7, 11) is 0. The van der Waals surface area contributed by atoms with E-state index in [0.29, 0.717) is 19.6 Å². The van der Waals surface area contributed by atoms with Crippen LogP contribution in [0.4, 0.5) is 0 Å². The summed E-state index contributed by atoms with van der Waals surface area (Å²) in [6, 6.07) is 4.23. The predicted molar refractivity (Wildman–Crippen MR) is 70.0 cm³/mol. The minimum atomic E-state index is 0.000509. The maximum absolute atomic E-state index is 11.7. The molecule has 0 aromatic carbocycles. The maximum atomic E-state index is 11.7. The molecule has 0 bridgehead atoms. The van der Waals surface area contributed by atoms with Crippen LogP contribution in [0.3, 0.4) is 0 Å². The van der Waals surface area contributed by atoms with Crippen LogP contribution < -0.4 is 5.32 Å². The minimum absolute atomic E-state index is 0.000509. The molecule has 0 radical (unpaired) electrons. The molecule has 1 aromatic rings. The van der Waals surface area contributed by atoms with Crippen molar-refractivity contribution in [1.82, 2.24) is 10.2 Å². The van der Waals surface area contributed by atoms with Crippen molar-refractivity contribution in [3.8, 4) is 0 Å². The van der Waals surface area contributed by atoms with E-state index in [9.17, 15) is 4.79 Å².